The van der Waals surface area contributed by atoms with Crippen molar-refractivity contribution >= 4 is 63.2 Å². The van der Waals surface area contributed by atoms with Crippen LogP contribution in [0.4, 0.5) is 11.4 Å². The summed E-state index contributed by atoms with van der Waals surface area (Å²) in [4.78, 5) is 2.11. The Bertz CT molecular complexity index is 1020. The Morgan fingerprint density at radius 1 is 0.966 bits per heavy atom. The minimum atomic E-state index is -1.06. The van der Waals surface area contributed by atoms with E-state index in [2.05, 4.69) is 17.0 Å². The summed E-state index contributed by atoms with van der Waals surface area (Å²) in [6.45, 7) is 0.596. The van der Waals surface area contributed by atoms with Crippen LogP contribution in [0.2, 0.25) is 10.0 Å². The number of halogens is 2. The highest BCUT2D eigenvalue weighted by Crippen LogP contribution is 2.41. The van der Waals surface area contributed by atoms with Gasteiger partial charge in [-0.3, -0.25) is 4.21 Å². The molecule has 3 rings (SSSR count). The lowest BCUT2D eigenvalue weighted by Gasteiger charge is -2.29. The zero-order chi connectivity index (χ0) is 20.8. The molecule has 29 heavy (non-hydrogen) atoms. The lowest BCUT2D eigenvalue weighted by Crippen LogP contribution is -2.18. The number of hydrogen-bond donors (Lipinski definition) is 0. The molecule has 0 aliphatic heterocycles. The molecule has 3 aromatic carbocycles. The van der Waals surface area contributed by atoms with E-state index in [0.29, 0.717) is 16.6 Å². The molecule has 0 heterocycles. The van der Waals surface area contributed by atoms with E-state index in [9.17, 15) is 4.21 Å². The van der Waals surface area contributed by atoms with Crippen LogP contribution in [0.15, 0.2) is 77.0 Å². The van der Waals surface area contributed by atoms with Gasteiger partial charge in [0.05, 0.1) is 30.8 Å². The van der Waals surface area contributed by atoms with Crippen molar-refractivity contribution in [3.8, 4) is 0 Å². The van der Waals surface area contributed by atoms with Crippen LogP contribution in [0.3, 0.4) is 0 Å². The Morgan fingerprint density at radius 3 is 2.21 bits per heavy atom. The summed E-state index contributed by atoms with van der Waals surface area (Å²) >= 11 is 14.7. The van der Waals surface area contributed by atoms with Crippen molar-refractivity contribution in [1.82, 2.24) is 0 Å². The monoisotopic (exact) mass is 461 g/mol. The van der Waals surface area contributed by atoms with Gasteiger partial charge in [-0.15, -0.1) is 11.8 Å². The van der Waals surface area contributed by atoms with Crippen LogP contribution in [0.1, 0.15) is 11.1 Å². The van der Waals surface area contributed by atoms with Crippen LogP contribution in [0, 0.1) is 0 Å². The van der Waals surface area contributed by atoms with E-state index in [1.807, 2.05) is 73.0 Å². The summed E-state index contributed by atoms with van der Waals surface area (Å²) in [7, 11) is -1.06. The summed E-state index contributed by atoms with van der Waals surface area (Å²) in [5.74, 6) is 0. The normalized spacial score (nSPS) is 12.6. The van der Waals surface area contributed by atoms with Crippen LogP contribution in [-0.4, -0.2) is 16.7 Å². The Hall–Kier alpha value is -1.72. The third-order valence-corrected chi connectivity index (χ3v) is 7.40. The van der Waals surface area contributed by atoms with Crippen LogP contribution >= 0.6 is 35.0 Å². The molecule has 0 fully saturated rings. The molecule has 6 heteroatoms. The highest BCUT2D eigenvalue weighted by Gasteiger charge is 2.19. The maximum absolute atomic E-state index is 12.1. The van der Waals surface area contributed by atoms with Crippen molar-refractivity contribution in [2.24, 2.45) is 0 Å². The van der Waals surface area contributed by atoms with Crippen molar-refractivity contribution in [3.63, 3.8) is 0 Å². The van der Waals surface area contributed by atoms with Gasteiger partial charge < -0.3 is 4.90 Å². The van der Waals surface area contributed by atoms with Crippen molar-refractivity contribution in [3.05, 3.63) is 98.2 Å². The molecule has 0 bridgehead atoms. The Balaban J connectivity index is 2.19. The largest absolute Gasteiger partial charge is 0.334 e. The lowest BCUT2D eigenvalue weighted by atomic mass is 10.1. The summed E-state index contributed by atoms with van der Waals surface area (Å²) in [6.07, 6.45) is 5.60. The number of rotatable bonds is 7. The van der Waals surface area contributed by atoms with Gasteiger partial charge in [0.25, 0.3) is 0 Å². The number of thioether (sulfide) groups is 1. The fraction of sp³-hybridized carbons (Fsp3) is 0.130. The first-order valence-electron chi connectivity index (χ1n) is 8.95. The second-order valence-electron chi connectivity index (χ2n) is 6.32. The smallest absolute Gasteiger partial charge is 0.0792 e. The number of para-hydroxylation sites is 2. The molecule has 0 radical (unpaired) electrons. The standard InChI is InChI=1S/C23H21Cl2NOS2/c1-28-22(29(2)27)15-18-11-6-7-14-21(18)26(16-17-9-4-3-5-10-17)23-19(24)12-8-13-20(23)25/h3-15H,16H2,1-2H3/b22-15-. The second-order valence-corrected chi connectivity index (χ2v) is 9.59. The van der Waals surface area contributed by atoms with Gasteiger partial charge in [0, 0.05) is 18.5 Å². The Morgan fingerprint density at radius 2 is 1.59 bits per heavy atom. The van der Waals surface area contributed by atoms with Gasteiger partial charge in [0.1, 0.15) is 0 Å². The number of hydrogen-bond acceptors (Lipinski definition) is 3. The van der Waals surface area contributed by atoms with Gasteiger partial charge in [0.15, 0.2) is 0 Å². The van der Waals surface area contributed by atoms with E-state index < -0.39 is 10.8 Å². The molecule has 2 nitrogen and oxygen atoms in total. The lowest BCUT2D eigenvalue weighted by molar-refractivity contribution is 0.691. The molecule has 0 saturated carbocycles. The summed E-state index contributed by atoms with van der Waals surface area (Å²) in [6, 6.07) is 23.7. The third-order valence-electron chi connectivity index (χ3n) is 4.38. The zero-order valence-corrected chi connectivity index (χ0v) is 19.3. The number of anilines is 2. The minimum absolute atomic E-state index is 0.580. The third kappa shape index (κ3) is 5.46. The molecule has 3 aromatic rings. The second kappa shape index (κ2) is 10.4. The molecule has 1 atom stereocenters. The first kappa shape index (κ1) is 22.0. The van der Waals surface area contributed by atoms with E-state index in [0.717, 1.165) is 26.7 Å². The average Bonchev–Trinajstić information content (AvgIpc) is 2.72. The highest BCUT2D eigenvalue weighted by atomic mass is 35.5. The summed E-state index contributed by atoms with van der Waals surface area (Å²) < 4.78 is 12.9. The predicted molar refractivity (Wildman–Crippen MR) is 131 cm³/mol. The summed E-state index contributed by atoms with van der Waals surface area (Å²) in [5.41, 5.74) is 3.79. The van der Waals surface area contributed by atoms with Crippen molar-refractivity contribution in [1.29, 1.82) is 0 Å². The van der Waals surface area contributed by atoms with Crippen LogP contribution in [0.25, 0.3) is 6.08 Å². The maximum Gasteiger partial charge on any atom is 0.0792 e. The van der Waals surface area contributed by atoms with Gasteiger partial charge >= 0.3 is 0 Å². The fourth-order valence-electron chi connectivity index (χ4n) is 3.04. The fourth-order valence-corrected chi connectivity index (χ4v) is 5.12. The van der Waals surface area contributed by atoms with Gasteiger partial charge in [-0.25, -0.2) is 0 Å². The zero-order valence-electron chi connectivity index (χ0n) is 16.1. The topological polar surface area (TPSA) is 20.3 Å². The van der Waals surface area contributed by atoms with E-state index in [4.69, 9.17) is 23.2 Å². The molecule has 150 valence electrons. The predicted octanol–water partition coefficient (Wildman–Crippen LogP) is 7.37. The quantitative estimate of drug-likeness (QED) is 0.366. The molecule has 0 N–H and O–H groups in total. The van der Waals surface area contributed by atoms with Gasteiger partial charge in [-0.2, -0.15) is 0 Å². The Labute approximate surface area is 189 Å². The van der Waals surface area contributed by atoms with Gasteiger partial charge in [-0.1, -0.05) is 77.8 Å². The van der Waals surface area contributed by atoms with Crippen molar-refractivity contribution < 1.29 is 4.21 Å². The van der Waals surface area contributed by atoms with Crippen LogP contribution < -0.4 is 4.90 Å². The molecule has 1 unspecified atom stereocenters. The van der Waals surface area contributed by atoms with Crippen LogP contribution in [0.5, 0.6) is 0 Å². The van der Waals surface area contributed by atoms with Crippen molar-refractivity contribution in [2.75, 3.05) is 17.4 Å². The minimum Gasteiger partial charge on any atom is -0.334 e. The SMILES string of the molecule is CS/C(=C/c1ccccc1N(Cc1ccccc1)c1c(Cl)cccc1Cl)S(C)=O. The average molecular weight is 462 g/mol. The van der Waals surface area contributed by atoms with Gasteiger partial charge in [-0.05, 0) is 41.7 Å². The Kier molecular flexibility index (Phi) is 7.84. The maximum atomic E-state index is 12.1. The molecular weight excluding hydrogens is 441 g/mol. The molecule has 0 aromatic heterocycles. The van der Waals surface area contributed by atoms with E-state index in [1.165, 1.54) is 11.8 Å². The molecule has 0 aliphatic rings. The number of nitrogens with zero attached hydrogens (tertiary/aromatic N) is 1. The molecule has 0 saturated heterocycles. The summed E-state index contributed by atoms with van der Waals surface area (Å²) in [5, 5.41) is 1.16. The van der Waals surface area contributed by atoms with E-state index >= 15 is 0 Å². The highest BCUT2D eigenvalue weighted by molar-refractivity contribution is 8.16. The molecule has 0 spiro atoms. The van der Waals surface area contributed by atoms with Crippen LogP contribution in [-0.2, 0) is 17.3 Å². The molecule has 0 amide bonds. The van der Waals surface area contributed by atoms with Crippen molar-refractivity contribution in [2.45, 2.75) is 6.54 Å². The van der Waals surface area contributed by atoms with E-state index in [1.54, 1.807) is 6.26 Å². The first-order valence-corrected chi connectivity index (χ1v) is 12.5. The first-order chi connectivity index (χ1) is 14.0. The molecular formula is C23H21Cl2NOS2. The van der Waals surface area contributed by atoms with Gasteiger partial charge in [0.2, 0.25) is 0 Å². The number of benzene rings is 3. The molecule has 0 aliphatic carbocycles. The van der Waals surface area contributed by atoms with E-state index in [-0.39, 0.29) is 0 Å².